The number of allylic oxidation sites excluding steroid dienone is 2. The van der Waals surface area contributed by atoms with Crippen molar-refractivity contribution in [1.29, 1.82) is 0 Å². The Balaban J connectivity index is 2.29. The van der Waals surface area contributed by atoms with Crippen molar-refractivity contribution in [1.82, 2.24) is 5.32 Å². The lowest BCUT2D eigenvalue weighted by Gasteiger charge is -2.40. The van der Waals surface area contributed by atoms with E-state index in [1.165, 1.54) is 167 Å². The summed E-state index contributed by atoms with van der Waals surface area (Å²) in [6.45, 7) is 3.84. The molecule has 6 N–H and O–H groups in total. The van der Waals surface area contributed by atoms with E-state index in [1.807, 2.05) is 0 Å². The molecule has 1 fully saturated rings. The zero-order valence-corrected chi connectivity index (χ0v) is 37.1. The van der Waals surface area contributed by atoms with Crippen molar-refractivity contribution in [3.63, 3.8) is 0 Å². The molecule has 1 aliphatic heterocycles. The molecule has 1 amide bonds. The Morgan fingerprint density at radius 3 is 1.42 bits per heavy atom. The second-order valence-electron chi connectivity index (χ2n) is 17.3. The number of nitrogens with one attached hydrogen (secondary N) is 1. The first-order valence-electron chi connectivity index (χ1n) is 24.4. The van der Waals surface area contributed by atoms with Crippen LogP contribution >= 0.6 is 0 Å². The van der Waals surface area contributed by atoms with Gasteiger partial charge >= 0.3 is 0 Å². The van der Waals surface area contributed by atoms with Crippen molar-refractivity contribution in [3.8, 4) is 0 Å². The molecule has 1 rings (SSSR count). The van der Waals surface area contributed by atoms with Gasteiger partial charge in [-0.1, -0.05) is 199 Å². The van der Waals surface area contributed by atoms with Gasteiger partial charge < -0.3 is 40.3 Å². The fraction of sp³-hybridized carbons (Fsp3) is 0.938. The summed E-state index contributed by atoms with van der Waals surface area (Å²) in [7, 11) is 0. The number of rotatable bonds is 41. The molecular formula is C48H93NO8. The van der Waals surface area contributed by atoms with Crippen LogP contribution in [0.5, 0.6) is 0 Å². The van der Waals surface area contributed by atoms with Gasteiger partial charge in [0.2, 0.25) is 5.91 Å². The van der Waals surface area contributed by atoms with E-state index in [4.69, 9.17) is 9.47 Å². The van der Waals surface area contributed by atoms with Gasteiger partial charge in [-0.25, -0.2) is 0 Å². The van der Waals surface area contributed by atoms with Gasteiger partial charge in [-0.3, -0.25) is 4.79 Å². The second-order valence-corrected chi connectivity index (χ2v) is 17.3. The summed E-state index contributed by atoms with van der Waals surface area (Å²) in [6, 6.07) is -0.717. The van der Waals surface area contributed by atoms with Gasteiger partial charge in [0, 0.05) is 6.42 Å². The molecule has 57 heavy (non-hydrogen) atoms. The highest BCUT2D eigenvalue weighted by Crippen LogP contribution is 2.23. The molecule has 1 heterocycles. The van der Waals surface area contributed by atoms with E-state index in [9.17, 15) is 30.3 Å². The maximum Gasteiger partial charge on any atom is 0.220 e. The standard InChI is InChI=1S/C48H93NO8/c1-3-5-7-9-11-13-15-17-19-20-21-22-24-26-28-30-32-34-36-38-44(52)49-41(40-56-48-47(55)46(54)45(53)43(39-50)57-48)42(51)37-35-33-31-29-27-25-23-18-16-14-12-10-8-6-4-2/h20-21,41-43,45-48,50-51,53-55H,3-19,22-40H2,1-2H3,(H,49,52)/b21-20-. The first-order chi connectivity index (χ1) is 27.8. The smallest absolute Gasteiger partial charge is 0.220 e. The van der Waals surface area contributed by atoms with Crippen LogP contribution in [0.2, 0.25) is 0 Å². The van der Waals surface area contributed by atoms with Gasteiger partial charge in [0.05, 0.1) is 25.4 Å². The Kier molecular flexibility index (Phi) is 37.0. The lowest BCUT2D eigenvalue weighted by Crippen LogP contribution is -2.60. The van der Waals surface area contributed by atoms with Crippen molar-refractivity contribution in [2.75, 3.05) is 13.2 Å². The van der Waals surface area contributed by atoms with Crippen molar-refractivity contribution in [2.24, 2.45) is 0 Å². The number of unbranched alkanes of at least 4 members (excludes halogenated alkanes) is 29. The van der Waals surface area contributed by atoms with Crippen molar-refractivity contribution in [3.05, 3.63) is 12.2 Å². The highest BCUT2D eigenvalue weighted by atomic mass is 16.7. The minimum absolute atomic E-state index is 0.136. The number of hydrogen-bond acceptors (Lipinski definition) is 8. The highest BCUT2D eigenvalue weighted by molar-refractivity contribution is 5.76. The fourth-order valence-corrected chi connectivity index (χ4v) is 7.92. The molecule has 0 radical (unpaired) electrons. The molecule has 0 saturated carbocycles. The number of carbonyl (C=O) groups excluding carboxylic acids is 1. The third-order valence-electron chi connectivity index (χ3n) is 11.9. The molecule has 338 valence electrons. The summed E-state index contributed by atoms with van der Waals surface area (Å²) < 4.78 is 11.3. The lowest BCUT2D eigenvalue weighted by molar-refractivity contribution is -0.302. The second kappa shape index (κ2) is 39.1. The molecule has 0 spiro atoms. The summed E-state index contributed by atoms with van der Waals surface area (Å²) in [5.74, 6) is -0.147. The Hall–Kier alpha value is -1.07. The summed E-state index contributed by atoms with van der Waals surface area (Å²) in [6.07, 6.45) is 37.9. The summed E-state index contributed by atoms with van der Waals surface area (Å²) in [5.41, 5.74) is 0. The van der Waals surface area contributed by atoms with Gasteiger partial charge in [0.15, 0.2) is 6.29 Å². The van der Waals surface area contributed by atoms with Crippen LogP contribution in [0, 0.1) is 0 Å². The molecule has 1 aliphatic rings. The van der Waals surface area contributed by atoms with Crippen LogP contribution in [-0.4, -0.2) is 87.5 Å². The van der Waals surface area contributed by atoms with E-state index in [2.05, 4.69) is 31.3 Å². The zero-order valence-electron chi connectivity index (χ0n) is 37.1. The van der Waals surface area contributed by atoms with Crippen LogP contribution in [0.1, 0.15) is 232 Å². The summed E-state index contributed by atoms with van der Waals surface area (Å²) >= 11 is 0. The first kappa shape index (κ1) is 53.9. The zero-order chi connectivity index (χ0) is 41.6. The molecule has 0 aliphatic carbocycles. The molecule has 0 aromatic carbocycles. The van der Waals surface area contributed by atoms with E-state index in [0.717, 1.165) is 38.5 Å². The number of aliphatic hydroxyl groups is 5. The number of ether oxygens (including phenoxy) is 2. The normalized spacial score (nSPS) is 21.0. The molecule has 7 unspecified atom stereocenters. The molecule has 7 atom stereocenters. The number of amides is 1. The monoisotopic (exact) mass is 812 g/mol. The van der Waals surface area contributed by atoms with Crippen LogP contribution in [-0.2, 0) is 14.3 Å². The topological polar surface area (TPSA) is 149 Å². The van der Waals surface area contributed by atoms with Gasteiger partial charge in [-0.2, -0.15) is 0 Å². The van der Waals surface area contributed by atoms with Crippen molar-refractivity contribution < 1.29 is 39.8 Å². The van der Waals surface area contributed by atoms with E-state index < -0.39 is 49.5 Å². The number of aliphatic hydroxyl groups excluding tert-OH is 5. The molecule has 0 bridgehead atoms. The third kappa shape index (κ3) is 29.7. The molecule has 9 nitrogen and oxygen atoms in total. The molecular weight excluding hydrogens is 719 g/mol. The maximum absolute atomic E-state index is 13.0. The average molecular weight is 812 g/mol. The number of carbonyl (C=O) groups is 1. The van der Waals surface area contributed by atoms with Gasteiger partial charge in [0.1, 0.15) is 24.4 Å². The lowest BCUT2D eigenvalue weighted by atomic mass is 9.99. The minimum atomic E-state index is -1.55. The fourth-order valence-electron chi connectivity index (χ4n) is 7.92. The average Bonchev–Trinajstić information content (AvgIpc) is 3.21. The van der Waals surface area contributed by atoms with Gasteiger partial charge in [-0.05, 0) is 38.5 Å². The third-order valence-corrected chi connectivity index (χ3v) is 11.9. The maximum atomic E-state index is 13.0. The molecule has 0 aromatic rings. The van der Waals surface area contributed by atoms with E-state index in [1.54, 1.807) is 0 Å². The molecule has 1 saturated heterocycles. The first-order valence-corrected chi connectivity index (χ1v) is 24.4. The van der Waals surface area contributed by atoms with E-state index in [0.29, 0.717) is 12.8 Å². The Morgan fingerprint density at radius 2 is 0.982 bits per heavy atom. The van der Waals surface area contributed by atoms with Crippen LogP contribution in [0.3, 0.4) is 0 Å². The van der Waals surface area contributed by atoms with Crippen LogP contribution < -0.4 is 5.32 Å². The van der Waals surface area contributed by atoms with E-state index in [-0.39, 0.29) is 12.5 Å². The molecule has 0 aromatic heterocycles. The highest BCUT2D eigenvalue weighted by Gasteiger charge is 2.44. The Bertz CT molecular complexity index is 904. The SMILES string of the molecule is CCCCCCCCCC/C=C\CCCCCCCCCC(=O)NC(COC1OC(CO)C(O)C(O)C1O)C(O)CCCCCCCCCCCCCCCCC. The summed E-state index contributed by atoms with van der Waals surface area (Å²) in [4.78, 5) is 13.0. The van der Waals surface area contributed by atoms with E-state index >= 15 is 0 Å². The van der Waals surface area contributed by atoms with Crippen LogP contribution in [0.15, 0.2) is 12.2 Å². The van der Waals surface area contributed by atoms with Crippen molar-refractivity contribution >= 4 is 5.91 Å². The predicted molar refractivity (Wildman–Crippen MR) is 235 cm³/mol. The Labute approximate surface area is 350 Å². The number of hydrogen-bond donors (Lipinski definition) is 6. The van der Waals surface area contributed by atoms with Crippen molar-refractivity contribution in [2.45, 2.75) is 275 Å². The predicted octanol–water partition coefficient (Wildman–Crippen LogP) is 10.5. The van der Waals surface area contributed by atoms with Crippen LogP contribution in [0.4, 0.5) is 0 Å². The Morgan fingerprint density at radius 1 is 0.579 bits per heavy atom. The van der Waals surface area contributed by atoms with Crippen LogP contribution in [0.25, 0.3) is 0 Å². The molecule has 9 heteroatoms. The largest absolute Gasteiger partial charge is 0.394 e. The quantitative estimate of drug-likeness (QED) is 0.0264. The van der Waals surface area contributed by atoms with Gasteiger partial charge in [-0.15, -0.1) is 0 Å². The summed E-state index contributed by atoms with van der Waals surface area (Å²) in [5, 5.41) is 54.4. The minimum Gasteiger partial charge on any atom is -0.394 e. The van der Waals surface area contributed by atoms with Gasteiger partial charge in [0.25, 0.3) is 0 Å².